The van der Waals surface area contributed by atoms with Crippen LogP contribution in [-0.4, -0.2) is 23.3 Å². The molecule has 2 rings (SSSR count). The molecule has 0 saturated heterocycles. The Kier molecular flexibility index (Phi) is 5.54. The summed E-state index contributed by atoms with van der Waals surface area (Å²) in [6, 6.07) is 5.23. The molecule has 2 N–H and O–H groups in total. The van der Waals surface area contributed by atoms with Gasteiger partial charge in [0.15, 0.2) is 12.8 Å². The smallest absolute Gasteiger partial charge is 0.404 e. The van der Waals surface area contributed by atoms with Crippen molar-refractivity contribution in [1.29, 1.82) is 0 Å². The predicted octanol–water partition coefficient (Wildman–Crippen LogP) is 1.81. The summed E-state index contributed by atoms with van der Waals surface area (Å²) in [5.74, 6) is -0.767. The number of carbonyl (C=O) groups is 1. The fraction of sp³-hybridized carbons (Fsp3) is 0.308. The van der Waals surface area contributed by atoms with Crippen molar-refractivity contribution in [2.45, 2.75) is 17.8 Å². The summed E-state index contributed by atoms with van der Waals surface area (Å²) in [5.41, 5.74) is -0.650. The summed E-state index contributed by atoms with van der Waals surface area (Å²) in [6.45, 7) is 0. The molecule has 130 valence electrons. The van der Waals surface area contributed by atoms with E-state index in [9.17, 15) is 22.8 Å². The molecule has 0 saturated carbocycles. The highest BCUT2D eigenvalue weighted by molar-refractivity contribution is 7.99. The van der Waals surface area contributed by atoms with E-state index >= 15 is 0 Å². The van der Waals surface area contributed by atoms with Crippen molar-refractivity contribution in [3.63, 3.8) is 0 Å². The van der Waals surface area contributed by atoms with Gasteiger partial charge in [0.05, 0.1) is 5.69 Å². The van der Waals surface area contributed by atoms with Crippen molar-refractivity contribution in [3.8, 4) is 5.75 Å². The van der Waals surface area contributed by atoms with Crippen LogP contribution in [0.3, 0.4) is 0 Å². The number of anilines is 1. The number of aryl methyl sites for hydroxylation is 1. The molecule has 0 spiro atoms. The highest BCUT2D eigenvalue weighted by Gasteiger charge is 2.32. The Balaban J connectivity index is 1.92. The lowest BCUT2D eigenvalue weighted by Crippen LogP contribution is -2.33. The van der Waals surface area contributed by atoms with Crippen molar-refractivity contribution >= 4 is 23.4 Å². The first-order chi connectivity index (χ1) is 11.3. The number of halogens is 3. The van der Waals surface area contributed by atoms with E-state index in [0.717, 1.165) is 17.8 Å². The fourth-order valence-electron chi connectivity index (χ4n) is 1.72. The molecule has 7 nitrogen and oxygen atoms in total. The molecule has 11 heteroatoms. The number of carbonyl (C=O) groups excluding carboxylic acids is 1. The highest BCUT2D eigenvalue weighted by Crippen LogP contribution is 2.30. The van der Waals surface area contributed by atoms with E-state index in [-0.39, 0.29) is 22.9 Å². The van der Waals surface area contributed by atoms with Crippen LogP contribution in [0.4, 0.5) is 18.9 Å². The lowest BCUT2D eigenvalue weighted by atomic mass is 10.3. The van der Waals surface area contributed by atoms with Gasteiger partial charge < -0.3 is 10.1 Å². The number of benzene rings is 1. The van der Waals surface area contributed by atoms with Crippen LogP contribution in [0.2, 0.25) is 0 Å². The minimum atomic E-state index is -4.85. The Morgan fingerprint density at radius 3 is 2.75 bits per heavy atom. The molecule has 0 atom stereocenters. The normalized spacial score (nSPS) is 11.3. The van der Waals surface area contributed by atoms with E-state index in [1.807, 2.05) is 0 Å². The minimum absolute atomic E-state index is 0.0182. The lowest BCUT2D eigenvalue weighted by Gasteiger charge is -2.13. The van der Waals surface area contributed by atoms with Crippen LogP contribution in [0, 0.1) is 0 Å². The zero-order valence-corrected chi connectivity index (χ0v) is 13.2. The molecule has 0 fully saturated rings. The number of nitrogens with one attached hydrogen (secondary N) is 2. The standard InChI is InChI=1S/C13H12F3N3O4S/c1-19-11(12(21)23-18-19)24-7-6-10(20)17-8-4-2-3-5-9(8)22-13(14,15)16/h2-5H,6-7H2,1H3,(H-,17,18,20,21)/p+1. The number of hydrogen-bond acceptors (Lipinski definition) is 5. The Bertz CT molecular complexity index is 772. The van der Waals surface area contributed by atoms with Gasteiger partial charge in [0, 0.05) is 12.2 Å². The maximum Gasteiger partial charge on any atom is 0.573 e. The Morgan fingerprint density at radius 1 is 1.42 bits per heavy atom. The van der Waals surface area contributed by atoms with E-state index < -0.39 is 23.6 Å². The molecule has 2 aromatic rings. The number of thioether (sulfide) groups is 1. The van der Waals surface area contributed by atoms with Gasteiger partial charge in [0.2, 0.25) is 5.91 Å². The Morgan fingerprint density at radius 2 is 2.12 bits per heavy atom. The zero-order chi connectivity index (χ0) is 17.7. The Hall–Kier alpha value is -2.43. The summed E-state index contributed by atoms with van der Waals surface area (Å²) in [5, 5.41) is 4.96. The van der Waals surface area contributed by atoms with Gasteiger partial charge in [-0.25, -0.2) is 4.79 Å². The van der Waals surface area contributed by atoms with E-state index in [4.69, 9.17) is 0 Å². The third kappa shape index (κ3) is 5.05. The average Bonchev–Trinajstić information content (AvgIpc) is 2.79. The molecule has 1 aromatic carbocycles. The maximum atomic E-state index is 12.3. The van der Waals surface area contributed by atoms with Crippen LogP contribution in [-0.2, 0) is 11.8 Å². The van der Waals surface area contributed by atoms with Crippen LogP contribution < -0.4 is 20.4 Å². The van der Waals surface area contributed by atoms with E-state index in [1.165, 1.54) is 22.9 Å². The fourth-order valence-corrected chi connectivity index (χ4v) is 2.60. The largest absolute Gasteiger partial charge is 0.573 e. The molecular weight excluding hydrogens is 351 g/mol. The number of rotatable bonds is 6. The van der Waals surface area contributed by atoms with Crippen LogP contribution in [0.1, 0.15) is 6.42 Å². The molecule has 0 aliphatic heterocycles. The van der Waals surface area contributed by atoms with Gasteiger partial charge in [-0.2, -0.15) is 0 Å². The second kappa shape index (κ2) is 7.43. The second-order valence-electron chi connectivity index (χ2n) is 4.54. The van der Waals surface area contributed by atoms with E-state index in [1.54, 1.807) is 7.05 Å². The maximum absolute atomic E-state index is 12.3. The van der Waals surface area contributed by atoms with Crippen molar-refractivity contribution in [2.75, 3.05) is 11.1 Å². The molecule has 0 aliphatic carbocycles. The third-order valence-electron chi connectivity index (χ3n) is 2.71. The first kappa shape index (κ1) is 17.9. The second-order valence-corrected chi connectivity index (χ2v) is 5.62. The number of nitrogens with zero attached hydrogens (tertiary/aromatic N) is 1. The zero-order valence-electron chi connectivity index (χ0n) is 12.3. The van der Waals surface area contributed by atoms with Crippen molar-refractivity contribution in [3.05, 3.63) is 34.7 Å². The van der Waals surface area contributed by atoms with Gasteiger partial charge in [-0.3, -0.25) is 9.32 Å². The minimum Gasteiger partial charge on any atom is -0.404 e. The topological polar surface area (TPSA) is 88.2 Å². The first-order valence-electron chi connectivity index (χ1n) is 6.61. The number of ether oxygens (including phenoxy) is 1. The monoisotopic (exact) mass is 364 g/mol. The summed E-state index contributed by atoms with van der Waals surface area (Å²) >= 11 is 1.09. The number of alkyl halides is 3. The average molecular weight is 364 g/mol. The lowest BCUT2D eigenvalue weighted by molar-refractivity contribution is -0.772. The third-order valence-corrected chi connectivity index (χ3v) is 3.83. The molecule has 1 aromatic heterocycles. The molecule has 1 amide bonds. The van der Waals surface area contributed by atoms with Gasteiger partial charge in [0.1, 0.15) is 0 Å². The molecule has 0 radical (unpaired) electrons. The van der Waals surface area contributed by atoms with Gasteiger partial charge in [-0.1, -0.05) is 16.8 Å². The summed E-state index contributed by atoms with van der Waals surface area (Å²) in [7, 11) is 1.57. The van der Waals surface area contributed by atoms with Crippen molar-refractivity contribution in [2.24, 2.45) is 7.05 Å². The van der Waals surface area contributed by atoms with Gasteiger partial charge >= 0.3 is 17.0 Å². The quantitative estimate of drug-likeness (QED) is 0.603. The van der Waals surface area contributed by atoms with E-state index in [2.05, 4.69) is 19.8 Å². The van der Waals surface area contributed by atoms with E-state index in [0.29, 0.717) is 0 Å². The number of hydrogen-bond donors (Lipinski definition) is 2. The molecule has 0 aliphatic rings. The van der Waals surface area contributed by atoms with Crippen LogP contribution in [0.25, 0.3) is 0 Å². The Labute approximate surface area is 137 Å². The number of para-hydroxylation sites is 2. The van der Waals surface area contributed by atoms with Gasteiger partial charge in [-0.05, 0) is 29.2 Å². The van der Waals surface area contributed by atoms with Crippen LogP contribution in [0.15, 0.2) is 38.6 Å². The molecule has 0 bridgehead atoms. The number of amides is 1. The molecule has 1 heterocycles. The number of aromatic nitrogens is 2. The van der Waals surface area contributed by atoms with Crippen LogP contribution in [0.5, 0.6) is 5.75 Å². The summed E-state index contributed by atoms with van der Waals surface area (Å²) in [4.78, 5) is 23.2. The van der Waals surface area contributed by atoms with Crippen molar-refractivity contribution in [1.82, 2.24) is 5.27 Å². The highest BCUT2D eigenvalue weighted by atomic mass is 32.2. The summed E-state index contributed by atoms with van der Waals surface area (Å²) in [6.07, 6.45) is -4.87. The first-order valence-corrected chi connectivity index (χ1v) is 7.60. The predicted molar refractivity (Wildman–Crippen MR) is 77.6 cm³/mol. The van der Waals surface area contributed by atoms with Crippen LogP contribution >= 0.6 is 11.8 Å². The van der Waals surface area contributed by atoms with Gasteiger partial charge in [0.25, 0.3) is 0 Å². The summed E-state index contributed by atoms with van der Waals surface area (Å²) < 4.78 is 46.7. The number of H-pyrrole nitrogens is 1. The van der Waals surface area contributed by atoms with Crippen molar-refractivity contribution < 1.29 is 31.9 Å². The molecule has 24 heavy (non-hydrogen) atoms. The SMILES string of the molecule is C[n+]1[nH]oc(=O)c1SCCC(=O)Nc1ccccc1OC(F)(F)F. The van der Waals surface area contributed by atoms with Gasteiger partial charge in [-0.15, -0.1) is 13.2 Å². The number of aromatic amines is 1. The molecule has 0 unspecified atom stereocenters. The molecular formula is C13H13F3N3O4S+.